The SMILES string of the molecule is CN1CCC[C@H]1c1cnc(Cl)c(I)c1Br. The van der Waals surface area contributed by atoms with Crippen LogP contribution in [0.25, 0.3) is 0 Å². The predicted molar refractivity (Wildman–Crippen MR) is 74.3 cm³/mol. The summed E-state index contributed by atoms with van der Waals surface area (Å²) in [5.74, 6) is 0. The van der Waals surface area contributed by atoms with Crippen LogP contribution in [0.2, 0.25) is 5.15 Å². The highest BCUT2D eigenvalue weighted by Crippen LogP contribution is 2.37. The second-order valence-electron chi connectivity index (χ2n) is 3.77. The van der Waals surface area contributed by atoms with E-state index in [1.807, 2.05) is 6.20 Å². The normalized spacial score (nSPS) is 22.3. The van der Waals surface area contributed by atoms with Gasteiger partial charge in [0.1, 0.15) is 5.15 Å². The molecule has 0 aromatic carbocycles. The van der Waals surface area contributed by atoms with E-state index in [1.54, 1.807) is 0 Å². The lowest BCUT2D eigenvalue weighted by atomic mass is 10.1. The van der Waals surface area contributed by atoms with Crippen LogP contribution in [0.3, 0.4) is 0 Å². The Labute approximate surface area is 117 Å². The van der Waals surface area contributed by atoms with E-state index in [4.69, 9.17) is 11.6 Å². The molecule has 82 valence electrons. The van der Waals surface area contributed by atoms with Crippen molar-refractivity contribution in [1.29, 1.82) is 0 Å². The molecule has 0 spiro atoms. The maximum atomic E-state index is 5.97. The number of pyridine rings is 1. The molecule has 0 radical (unpaired) electrons. The van der Waals surface area contributed by atoms with Gasteiger partial charge in [-0.25, -0.2) is 4.98 Å². The van der Waals surface area contributed by atoms with Crippen molar-refractivity contribution in [1.82, 2.24) is 9.88 Å². The molecule has 1 aliphatic rings. The van der Waals surface area contributed by atoms with Gasteiger partial charge in [-0.15, -0.1) is 0 Å². The standard InChI is InChI=1S/C10H11BrClIN2/c1-15-4-2-3-7(15)6-5-14-10(12)9(13)8(6)11/h5,7H,2-4H2,1H3/t7-/m0/s1. The fourth-order valence-electron chi connectivity index (χ4n) is 1.99. The first-order valence-electron chi connectivity index (χ1n) is 4.81. The van der Waals surface area contributed by atoms with Crippen LogP contribution in [-0.2, 0) is 0 Å². The number of halogens is 3. The number of aromatic nitrogens is 1. The first-order valence-corrected chi connectivity index (χ1v) is 7.06. The van der Waals surface area contributed by atoms with Gasteiger partial charge in [-0.1, -0.05) is 11.6 Å². The molecule has 1 aliphatic heterocycles. The Morgan fingerprint density at radius 1 is 1.67 bits per heavy atom. The quantitative estimate of drug-likeness (QED) is 0.525. The predicted octanol–water partition coefficient (Wildman–Crippen LogP) is 3.87. The zero-order valence-corrected chi connectivity index (χ0v) is 12.8. The summed E-state index contributed by atoms with van der Waals surface area (Å²) in [6, 6.07) is 0.484. The zero-order chi connectivity index (χ0) is 11.0. The van der Waals surface area contributed by atoms with Gasteiger partial charge >= 0.3 is 0 Å². The molecule has 1 aromatic heterocycles. The molecule has 0 aliphatic carbocycles. The first-order chi connectivity index (χ1) is 7.11. The number of nitrogens with zero attached hydrogens (tertiary/aromatic N) is 2. The fraction of sp³-hybridized carbons (Fsp3) is 0.500. The summed E-state index contributed by atoms with van der Waals surface area (Å²) < 4.78 is 2.11. The van der Waals surface area contributed by atoms with Gasteiger partial charge < -0.3 is 0 Å². The second kappa shape index (κ2) is 4.85. The third-order valence-corrected chi connectivity index (χ3v) is 6.07. The molecule has 2 nitrogen and oxygen atoms in total. The summed E-state index contributed by atoms with van der Waals surface area (Å²) in [4.78, 5) is 6.59. The largest absolute Gasteiger partial charge is 0.299 e. The van der Waals surface area contributed by atoms with E-state index in [-0.39, 0.29) is 0 Å². The maximum Gasteiger partial charge on any atom is 0.143 e. The van der Waals surface area contributed by atoms with Crippen LogP contribution < -0.4 is 0 Å². The van der Waals surface area contributed by atoms with Crippen LogP contribution in [0.15, 0.2) is 10.7 Å². The van der Waals surface area contributed by atoms with E-state index < -0.39 is 0 Å². The lowest BCUT2D eigenvalue weighted by Gasteiger charge is -2.21. The molecular formula is C10H11BrClIN2. The third kappa shape index (κ3) is 2.33. The second-order valence-corrected chi connectivity index (χ2v) is 6.00. The van der Waals surface area contributed by atoms with Crippen LogP contribution in [0, 0.1) is 3.57 Å². The number of hydrogen-bond acceptors (Lipinski definition) is 2. The van der Waals surface area contributed by atoms with Crippen molar-refractivity contribution in [3.8, 4) is 0 Å². The number of rotatable bonds is 1. The molecular weight excluding hydrogens is 390 g/mol. The third-order valence-electron chi connectivity index (χ3n) is 2.82. The lowest BCUT2D eigenvalue weighted by molar-refractivity contribution is 0.316. The highest BCUT2D eigenvalue weighted by molar-refractivity contribution is 14.1. The smallest absolute Gasteiger partial charge is 0.143 e. The summed E-state index contributed by atoms with van der Waals surface area (Å²) in [6.45, 7) is 1.16. The molecule has 2 rings (SSSR count). The van der Waals surface area contributed by atoms with Crippen LogP contribution in [0.5, 0.6) is 0 Å². The molecule has 0 amide bonds. The molecule has 1 aromatic rings. The van der Waals surface area contributed by atoms with Gasteiger partial charge in [-0.2, -0.15) is 0 Å². The molecule has 1 fully saturated rings. The Bertz CT molecular complexity index is 386. The Morgan fingerprint density at radius 3 is 3.00 bits per heavy atom. The summed E-state index contributed by atoms with van der Waals surface area (Å²) in [7, 11) is 2.16. The van der Waals surface area contributed by atoms with Gasteiger partial charge in [0.25, 0.3) is 0 Å². The monoisotopic (exact) mass is 400 g/mol. The van der Waals surface area contributed by atoms with Crippen LogP contribution in [-0.4, -0.2) is 23.5 Å². The fourth-order valence-corrected chi connectivity index (χ4v) is 3.25. The average Bonchev–Trinajstić information content (AvgIpc) is 2.62. The lowest BCUT2D eigenvalue weighted by Crippen LogP contribution is -2.18. The van der Waals surface area contributed by atoms with Gasteiger partial charge in [-0.05, 0) is 65.0 Å². The van der Waals surface area contributed by atoms with Crippen molar-refractivity contribution in [3.05, 3.63) is 25.0 Å². The van der Waals surface area contributed by atoms with Crippen LogP contribution in [0.4, 0.5) is 0 Å². The van der Waals surface area contributed by atoms with Crippen molar-refractivity contribution >= 4 is 50.1 Å². The van der Waals surface area contributed by atoms with E-state index in [1.165, 1.54) is 18.4 Å². The van der Waals surface area contributed by atoms with E-state index in [9.17, 15) is 0 Å². The molecule has 0 unspecified atom stereocenters. The zero-order valence-electron chi connectivity index (χ0n) is 8.30. The summed E-state index contributed by atoms with van der Waals surface area (Å²) in [6.07, 6.45) is 4.35. The minimum atomic E-state index is 0.484. The molecule has 0 N–H and O–H groups in total. The number of likely N-dealkylation sites (tertiary alicyclic amines) is 1. The highest BCUT2D eigenvalue weighted by atomic mass is 127. The summed E-state index contributed by atoms with van der Waals surface area (Å²) in [5, 5.41) is 0.576. The van der Waals surface area contributed by atoms with Crippen molar-refractivity contribution in [3.63, 3.8) is 0 Å². The molecule has 1 saturated heterocycles. The van der Waals surface area contributed by atoms with Crippen LogP contribution >= 0.6 is 50.1 Å². The molecule has 5 heteroatoms. The maximum absolute atomic E-state index is 5.97. The Balaban J connectivity index is 2.40. The number of hydrogen-bond donors (Lipinski definition) is 0. The minimum Gasteiger partial charge on any atom is -0.299 e. The topological polar surface area (TPSA) is 16.1 Å². The van der Waals surface area contributed by atoms with Crippen molar-refractivity contribution < 1.29 is 0 Å². The summed E-state index contributed by atoms with van der Waals surface area (Å²) >= 11 is 11.8. The minimum absolute atomic E-state index is 0.484. The highest BCUT2D eigenvalue weighted by Gasteiger charge is 2.25. The average molecular weight is 401 g/mol. The molecule has 2 heterocycles. The molecule has 0 bridgehead atoms. The van der Waals surface area contributed by atoms with E-state index in [0.29, 0.717) is 11.2 Å². The van der Waals surface area contributed by atoms with Gasteiger partial charge in [0.05, 0.1) is 3.57 Å². The van der Waals surface area contributed by atoms with Gasteiger partial charge in [0.15, 0.2) is 0 Å². The van der Waals surface area contributed by atoms with Crippen molar-refractivity contribution in [2.45, 2.75) is 18.9 Å². The van der Waals surface area contributed by atoms with Crippen molar-refractivity contribution in [2.24, 2.45) is 0 Å². The molecule has 15 heavy (non-hydrogen) atoms. The van der Waals surface area contributed by atoms with Gasteiger partial charge in [0.2, 0.25) is 0 Å². The van der Waals surface area contributed by atoms with Gasteiger partial charge in [-0.3, -0.25) is 4.90 Å². The van der Waals surface area contributed by atoms with Crippen molar-refractivity contribution in [2.75, 3.05) is 13.6 Å². The van der Waals surface area contributed by atoms with E-state index in [2.05, 4.69) is 55.5 Å². The Kier molecular flexibility index (Phi) is 3.91. The molecule has 1 atom stereocenters. The van der Waals surface area contributed by atoms with E-state index >= 15 is 0 Å². The summed E-state index contributed by atoms with van der Waals surface area (Å²) in [5.41, 5.74) is 1.25. The van der Waals surface area contributed by atoms with E-state index in [0.717, 1.165) is 14.6 Å². The Morgan fingerprint density at radius 2 is 2.40 bits per heavy atom. The first kappa shape index (κ1) is 12.1. The molecule has 0 saturated carbocycles. The van der Waals surface area contributed by atoms with Gasteiger partial charge in [0, 0.05) is 22.3 Å². The van der Waals surface area contributed by atoms with Crippen LogP contribution in [0.1, 0.15) is 24.4 Å². The Hall–Kier alpha value is 0.610.